The van der Waals surface area contributed by atoms with E-state index in [0.717, 1.165) is 12.0 Å². The molecule has 3 aromatic carbocycles. The van der Waals surface area contributed by atoms with Gasteiger partial charge in [0.2, 0.25) is 10.0 Å². The van der Waals surface area contributed by atoms with Gasteiger partial charge >= 0.3 is 0 Å². The van der Waals surface area contributed by atoms with Crippen LogP contribution in [0.15, 0.2) is 83.8 Å². The Morgan fingerprint density at radius 1 is 1.03 bits per heavy atom. The minimum Gasteiger partial charge on any atom is -0.496 e. The largest absolute Gasteiger partial charge is 0.496 e. The van der Waals surface area contributed by atoms with E-state index >= 15 is 0 Å². The van der Waals surface area contributed by atoms with E-state index < -0.39 is 15.4 Å². The fourth-order valence-electron chi connectivity index (χ4n) is 4.50. The average molecular weight is 499 g/mol. The van der Waals surface area contributed by atoms with Crippen molar-refractivity contribution >= 4 is 27.5 Å². The van der Waals surface area contributed by atoms with Gasteiger partial charge in [0, 0.05) is 30.1 Å². The third-order valence-corrected chi connectivity index (χ3v) is 8.43. The van der Waals surface area contributed by atoms with Gasteiger partial charge in [0.1, 0.15) is 5.75 Å². The Morgan fingerprint density at radius 2 is 1.71 bits per heavy atom. The molecule has 3 aromatic rings. The molecular weight excluding hydrogens is 472 g/mol. The molecule has 1 atom stereocenters. The van der Waals surface area contributed by atoms with Gasteiger partial charge in [-0.1, -0.05) is 54.1 Å². The van der Waals surface area contributed by atoms with Gasteiger partial charge in [-0.15, -0.1) is 0 Å². The number of methoxy groups -OCH3 is 1. The van der Waals surface area contributed by atoms with Gasteiger partial charge in [-0.3, -0.25) is 4.79 Å². The summed E-state index contributed by atoms with van der Waals surface area (Å²) in [4.78, 5) is 13.2. The molecule has 0 aliphatic carbocycles. The van der Waals surface area contributed by atoms with Crippen molar-refractivity contribution in [1.82, 2.24) is 9.62 Å². The maximum Gasteiger partial charge on any atom is 0.255 e. The molecule has 1 fully saturated rings. The highest BCUT2D eigenvalue weighted by Crippen LogP contribution is 2.36. The summed E-state index contributed by atoms with van der Waals surface area (Å²) in [5, 5.41) is 3.53. The van der Waals surface area contributed by atoms with Crippen LogP contribution in [-0.2, 0) is 15.4 Å². The summed E-state index contributed by atoms with van der Waals surface area (Å²) in [6, 6.07) is 23.0. The van der Waals surface area contributed by atoms with Crippen LogP contribution >= 0.6 is 11.6 Å². The number of para-hydroxylation sites is 1. The van der Waals surface area contributed by atoms with Crippen molar-refractivity contribution in [3.05, 3.63) is 95.0 Å². The minimum atomic E-state index is -3.72. The summed E-state index contributed by atoms with van der Waals surface area (Å²) in [7, 11) is -2.19. The first-order valence-electron chi connectivity index (χ1n) is 11.1. The van der Waals surface area contributed by atoms with E-state index in [1.54, 1.807) is 30.3 Å². The molecule has 8 heteroatoms. The van der Waals surface area contributed by atoms with E-state index in [9.17, 15) is 13.2 Å². The molecule has 0 saturated carbocycles. The normalized spacial score (nSPS) is 18.9. The van der Waals surface area contributed by atoms with Gasteiger partial charge in [-0.2, -0.15) is 4.31 Å². The Bertz CT molecular complexity index is 1250. The van der Waals surface area contributed by atoms with Gasteiger partial charge in [0.15, 0.2) is 0 Å². The van der Waals surface area contributed by atoms with E-state index in [-0.39, 0.29) is 17.3 Å². The van der Waals surface area contributed by atoms with E-state index in [2.05, 4.69) is 5.32 Å². The van der Waals surface area contributed by atoms with Crippen molar-refractivity contribution in [2.45, 2.75) is 23.2 Å². The fraction of sp³-hybridized carbons (Fsp3) is 0.269. The van der Waals surface area contributed by atoms with Crippen LogP contribution in [-0.4, -0.2) is 45.4 Å². The summed E-state index contributed by atoms with van der Waals surface area (Å²) in [5.41, 5.74) is 0.859. The highest BCUT2D eigenvalue weighted by Gasteiger charge is 2.41. The Morgan fingerprint density at radius 3 is 2.41 bits per heavy atom. The highest BCUT2D eigenvalue weighted by atomic mass is 35.5. The molecule has 0 radical (unpaired) electrons. The molecule has 34 heavy (non-hydrogen) atoms. The lowest BCUT2D eigenvalue weighted by Crippen LogP contribution is -2.53. The third-order valence-electron chi connectivity index (χ3n) is 6.32. The van der Waals surface area contributed by atoms with Crippen molar-refractivity contribution in [1.29, 1.82) is 0 Å². The maximum atomic E-state index is 13.4. The van der Waals surface area contributed by atoms with Crippen LogP contribution in [0.5, 0.6) is 5.75 Å². The zero-order chi connectivity index (χ0) is 24.2. The summed E-state index contributed by atoms with van der Waals surface area (Å²) in [5.74, 6) is 0.231. The fourth-order valence-corrected chi connectivity index (χ4v) is 6.19. The lowest BCUT2D eigenvalue weighted by atomic mass is 9.74. The van der Waals surface area contributed by atoms with Crippen LogP contribution in [0.4, 0.5) is 0 Å². The molecule has 4 rings (SSSR count). The SMILES string of the molecule is COc1ccccc1C(=O)NCC1(c2ccccc2)CCCN(S(=O)(=O)c2ccc(Cl)cc2)C1. The van der Waals surface area contributed by atoms with Crippen LogP contribution in [0.1, 0.15) is 28.8 Å². The molecule has 1 amide bonds. The summed E-state index contributed by atoms with van der Waals surface area (Å²) in [6.07, 6.45) is 1.42. The lowest BCUT2D eigenvalue weighted by Gasteiger charge is -2.43. The monoisotopic (exact) mass is 498 g/mol. The van der Waals surface area contributed by atoms with Crippen molar-refractivity contribution in [2.24, 2.45) is 0 Å². The molecule has 0 bridgehead atoms. The third kappa shape index (κ3) is 4.97. The maximum absolute atomic E-state index is 13.4. The first kappa shape index (κ1) is 24.3. The molecule has 1 aliphatic heterocycles. The Kier molecular flexibility index (Phi) is 7.26. The zero-order valence-corrected chi connectivity index (χ0v) is 20.5. The van der Waals surface area contributed by atoms with Crippen molar-refractivity contribution < 1.29 is 17.9 Å². The van der Waals surface area contributed by atoms with Crippen LogP contribution < -0.4 is 10.1 Å². The molecule has 0 aromatic heterocycles. The van der Waals surface area contributed by atoms with Crippen molar-refractivity contribution in [3.63, 3.8) is 0 Å². The molecule has 0 spiro atoms. The topological polar surface area (TPSA) is 75.7 Å². The predicted octanol–water partition coefficient (Wildman–Crippen LogP) is 4.50. The molecule has 1 heterocycles. The molecule has 1 saturated heterocycles. The van der Waals surface area contributed by atoms with Gasteiger partial charge in [0.05, 0.1) is 17.6 Å². The molecular formula is C26H27ClN2O4S. The van der Waals surface area contributed by atoms with Crippen LogP contribution in [0.2, 0.25) is 5.02 Å². The van der Waals surface area contributed by atoms with Gasteiger partial charge < -0.3 is 10.1 Å². The second kappa shape index (κ2) is 10.2. The molecule has 6 nitrogen and oxygen atoms in total. The van der Waals surface area contributed by atoms with Crippen molar-refractivity contribution in [2.75, 3.05) is 26.7 Å². The van der Waals surface area contributed by atoms with Gasteiger partial charge in [0.25, 0.3) is 5.91 Å². The number of nitrogens with one attached hydrogen (secondary N) is 1. The number of carbonyl (C=O) groups excluding carboxylic acids is 1. The predicted molar refractivity (Wildman–Crippen MR) is 133 cm³/mol. The van der Waals surface area contributed by atoms with E-state index in [1.165, 1.54) is 23.5 Å². The highest BCUT2D eigenvalue weighted by molar-refractivity contribution is 7.89. The Balaban J connectivity index is 1.63. The summed E-state index contributed by atoms with van der Waals surface area (Å²) < 4.78 is 33.7. The smallest absolute Gasteiger partial charge is 0.255 e. The van der Waals surface area contributed by atoms with Crippen LogP contribution in [0.25, 0.3) is 0 Å². The van der Waals surface area contributed by atoms with Crippen LogP contribution in [0, 0.1) is 0 Å². The number of piperidine rings is 1. The number of benzene rings is 3. The number of carbonyl (C=O) groups is 1. The quantitative estimate of drug-likeness (QED) is 0.520. The first-order valence-corrected chi connectivity index (χ1v) is 12.9. The summed E-state index contributed by atoms with van der Waals surface area (Å²) in [6.45, 7) is 0.967. The lowest BCUT2D eigenvalue weighted by molar-refractivity contribution is 0.0929. The zero-order valence-electron chi connectivity index (χ0n) is 18.9. The second-order valence-electron chi connectivity index (χ2n) is 8.43. The Labute approximate surface area is 205 Å². The number of rotatable bonds is 7. The van der Waals surface area contributed by atoms with Gasteiger partial charge in [-0.25, -0.2) is 8.42 Å². The van der Waals surface area contributed by atoms with E-state index in [0.29, 0.717) is 35.8 Å². The van der Waals surface area contributed by atoms with Crippen molar-refractivity contribution in [3.8, 4) is 5.75 Å². The number of hydrogen-bond donors (Lipinski definition) is 1. The number of amides is 1. The van der Waals surface area contributed by atoms with Gasteiger partial charge in [-0.05, 0) is 54.8 Å². The van der Waals surface area contributed by atoms with E-state index in [1.807, 2.05) is 36.4 Å². The molecule has 1 N–H and O–H groups in total. The molecule has 178 valence electrons. The number of nitrogens with zero attached hydrogens (tertiary/aromatic N) is 1. The summed E-state index contributed by atoms with van der Waals surface area (Å²) >= 11 is 5.96. The number of ether oxygens (including phenoxy) is 1. The number of hydrogen-bond acceptors (Lipinski definition) is 4. The molecule has 1 aliphatic rings. The number of sulfonamides is 1. The Hall–Kier alpha value is -2.87. The number of halogens is 1. The second-order valence-corrected chi connectivity index (χ2v) is 10.8. The van der Waals surface area contributed by atoms with Crippen LogP contribution in [0.3, 0.4) is 0 Å². The standard InChI is InChI=1S/C26H27ClN2O4S/c1-33-24-11-6-5-10-23(24)25(30)28-18-26(20-8-3-2-4-9-20)16-7-17-29(19-26)34(31,32)22-14-12-21(27)13-15-22/h2-6,8-15H,7,16-19H2,1H3,(H,28,30). The molecule has 1 unspecified atom stereocenters. The average Bonchev–Trinajstić information content (AvgIpc) is 2.88. The van der Waals surface area contributed by atoms with E-state index in [4.69, 9.17) is 16.3 Å². The first-order chi connectivity index (χ1) is 16.4. The minimum absolute atomic E-state index is 0.207.